The van der Waals surface area contributed by atoms with Crippen molar-refractivity contribution in [1.82, 2.24) is 0 Å². The number of rotatable bonds is 34. The van der Waals surface area contributed by atoms with E-state index in [2.05, 4.69) is 43.5 Å². The SMILES string of the molecule is CC/C=C\C/C=C\CC(O)/C=C/C=C\C/C=C\C/C=C\CCC(=O)O[C@H](COC(=O)CCCCCCCCCCCCC(C)CC)COP(=O)(O)O. The van der Waals surface area contributed by atoms with Crippen molar-refractivity contribution in [3.63, 3.8) is 0 Å². The van der Waals surface area contributed by atoms with Crippen LogP contribution in [0.2, 0.25) is 0 Å². The number of allylic oxidation sites excluding steroid dienone is 10. The Morgan fingerprint density at radius 3 is 1.88 bits per heavy atom. The molecule has 0 rings (SSSR count). The van der Waals surface area contributed by atoms with Gasteiger partial charge in [0.15, 0.2) is 6.10 Å². The predicted octanol–water partition coefficient (Wildman–Crippen LogP) is 10.7. The van der Waals surface area contributed by atoms with E-state index >= 15 is 0 Å². The Kier molecular flexibility index (Phi) is 33.7. The fraction of sp³-hybridized carbons (Fsp3) is 0.667. The van der Waals surface area contributed by atoms with Crippen LogP contribution < -0.4 is 0 Å². The molecule has 0 heterocycles. The van der Waals surface area contributed by atoms with Gasteiger partial charge in [-0.25, -0.2) is 4.57 Å². The van der Waals surface area contributed by atoms with E-state index in [0.717, 1.165) is 44.4 Å². The molecule has 0 saturated carbocycles. The first-order valence-electron chi connectivity index (χ1n) is 19.7. The van der Waals surface area contributed by atoms with Crippen molar-refractivity contribution in [2.24, 2.45) is 5.92 Å². The third-order valence-electron chi connectivity index (χ3n) is 8.37. The Balaban J connectivity index is 4.18. The van der Waals surface area contributed by atoms with Gasteiger partial charge in [0.05, 0.1) is 12.7 Å². The lowest BCUT2D eigenvalue weighted by molar-refractivity contribution is -0.161. The molecule has 0 aromatic heterocycles. The van der Waals surface area contributed by atoms with Crippen molar-refractivity contribution in [2.75, 3.05) is 13.2 Å². The first-order valence-corrected chi connectivity index (χ1v) is 21.3. The molecular formula is C42H71O9P. The van der Waals surface area contributed by atoms with Gasteiger partial charge in [0, 0.05) is 12.8 Å². The van der Waals surface area contributed by atoms with Crippen LogP contribution in [0.3, 0.4) is 0 Å². The molecule has 0 fully saturated rings. The average Bonchev–Trinajstić information content (AvgIpc) is 3.11. The minimum Gasteiger partial charge on any atom is -0.462 e. The van der Waals surface area contributed by atoms with E-state index < -0.39 is 38.6 Å². The van der Waals surface area contributed by atoms with Gasteiger partial charge in [-0.1, -0.05) is 164 Å². The highest BCUT2D eigenvalue weighted by molar-refractivity contribution is 7.46. The number of aliphatic hydroxyl groups is 1. The zero-order valence-corrected chi connectivity index (χ0v) is 33.3. The number of carbonyl (C=O) groups is 2. The number of carbonyl (C=O) groups excluding carboxylic acids is 2. The largest absolute Gasteiger partial charge is 0.469 e. The molecule has 3 N–H and O–H groups in total. The van der Waals surface area contributed by atoms with Gasteiger partial charge in [0.2, 0.25) is 0 Å². The van der Waals surface area contributed by atoms with E-state index in [1.165, 1.54) is 51.4 Å². The molecule has 10 heteroatoms. The summed E-state index contributed by atoms with van der Waals surface area (Å²) in [6.07, 6.45) is 40.9. The molecule has 298 valence electrons. The molecule has 0 aromatic rings. The Hall–Kier alpha value is -2.55. The van der Waals surface area contributed by atoms with Gasteiger partial charge in [0.1, 0.15) is 6.61 Å². The highest BCUT2D eigenvalue weighted by atomic mass is 31.2. The summed E-state index contributed by atoms with van der Waals surface area (Å²) in [7, 11) is -4.79. The quantitative estimate of drug-likeness (QED) is 0.0193. The van der Waals surface area contributed by atoms with E-state index in [4.69, 9.17) is 19.3 Å². The van der Waals surface area contributed by atoms with Gasteiger partial charge < -0.3 is 24.4 Å². The number of aliphatic hydroxyl groups excluding tert-OH is 1. The number of hydrogen-bond acceptors (Lipinski definition) is 7. The van der Waals surface area contributed by atoms with Gasteiger partial charge in [-0.15, -0.1) is 0 Å². The molecule has 3 atom stereocenters. The molecule has 9 nitrogen and oxygen atoms in total. The van der Waals surface area contributed by atoms with Crippen molar-refractivity contribution < 1.29 is 43.0 Å². The van der Waals surface area contributed by atoms with Crippen LogP contribution in [-0.2, 0) is 28.2 Å². The van der Waals surface area contributed by atoms with Gasteiger partial charge in [0.25, 0.3) is 0 Å². The van der Waals surface area contributed by atoms with Crippen molar-refractivity contribution in [3.8, 4) is 0 Å². The van der Waals surface area contributed by atoms with E-state index in [-0.39, 0.29) is 19.4 Å². The Labute approximate surface area is 315 Å². The number of hydrogen-bond donors (Lipinski definition) is 3. The summed E-state index contributed by atoms with van der Waals surface area (Å²) in [5.41, 5.74) is 0. The smallest absolute Gasteiger partial charge is 0.462 e. The number of ether oxygens (including phenoxy) is 2. The molecule has 0 bridgehead atoms. The second kappa shape index (κ2) is 35.5. The summed E-state index contributed by atoms with van der Waals surface area (Å²) in [6.45, 7) is 5.77. The van der Waals surface area contributed by atoms with E-state index in [1.807, 2.05) is 48.6 Å². The summed E-state index contributed by atoms with van der Waals surface area (Å²) in [6, 6.07) is 0. The summed E-state index contributed by atoms with van der Waals surface area (Å²) >= 11 is 0. The maximum atomic E-state index is 12.4. The molecule has 0 amide bonds. The first-order chi connectivity index (χ1) is 25.1. The van der Waals surface area contributed by atoms with Crippen LogP contribution in [0.15, 0.2) is 72.9 Å². The lowest BCUT2D eigenvalue weighted by atomic mass is 9.99. The topological polar surface area (TPSA) is 140 Å². The maximum absolute atomic E-state index is 12.4. The summed E-state index contributed by atoms with van der Waals surface area (Å²) in [5, 5.41) is 9.96. The zero-order chi connectivity index (χ0) is 38.5. The van der Waals surface area contributed by atoms with Gasteiger partial charge >= 0.3 is 19.8 Å². The van der Waals surface area contributed by atoms with Crippen molar-refractivity contribution in [2.45, 2.75) is 161 Å². The Bertz CT molecular complexity index is 1100. The lowest BCUT2D eigenvalue weighted by Gasteiger charge is -2.18. The van der Waals surface area contributed by atoms with Crippen molar-refractivity contribution in [3.05, 3.63) is 72.9 Å². The van der Waals surface area contributed by atoms with E-state index in [1.54, 1.807) is 6.08 Å². The third-order valence-corrected chi connectivity index (χ3v) is 8.86. The third kappa shape index (κ3) is 37.2. The molecule has 2 unspecified atom stereocenters. The normalized spacial score (nSPS) is 14.5. The van der Waals surface area contributed by atoms with Crippen LogP contribution in [-0.4, -0.2) is 52.3 Å². The minimum atomic E-state index is -4.79. The van der Waals surface area contributed by atoms with E-state index in [9.17, 15) is 19.3 Å². The summed E-state index contributed by atoms with van der Waals surface area (Å²) < 4.78 is 26.2. The van der Waals surface area contributed by atoms with Gasteiger partial charge in [-0.2, -0.15) is 0 Å². The van der Waals surface area contributed by atoms with Crippen molar-refractivity contribution in [1.29, 1.82) is 0 Å². The molecule has 52 heavy (non-hydrogen) atoms. The first kappa shape index (κ1) is 49.5. The molecule has 0 saturated heterocycles. The molecule has 0 spiro atoms. The molecule has 0 radical (unpaired) electrons. The van der Waals surface area contributed by atoms with Crippen LogP contribution in [0.5, 0.6) is 0 Å². The second-order valence-corrected chi connectivity index (χ2v) is 14.6. The highest BCUT2D eigenvalue weighted by Gasteiger charge is 2.22. The van der Waals surface area contributed by atoms with Gasteiger partial charge in [-0.3, -0.25) is 14.1 Å². The maximum Gasteiger partial charge on any atom is 0.469 e. The standard InChI is InChI=1S/C42H71O9P/c1-4-6-7-8-22-27-32-39(43)33-28-23-18-14-10-12-16-20-25-30-35-42(45)51-40(37-50-52(46,47)48)36-49-41(44)34-29-24-19-15-11-9-13-17-21-26-31-38(3)5-2/h6-7,10,12,18,20,22-23,25,27-28,33,38-40,43H,4-5,8-9,11,13-17,19,21,24,26,29-32,34-37H2,1-3H3,(H2,46,47,48)/b7-6-,12-10-,23-18-,25-20-,27-22-,33-28+/t38?,39?,40-/m1/s1. The van der Waals surface area contributed by atoms with Crippen molar-refractivity contribution >= 4 is 19.8 Å². The molecule has 0 aliphatic heterocycles. The molecule has 0 aliphatic rings. The number of unbranched alkanes of at least 4 members (excludes halogenated alkanes) is 9. The Morgan fingerprint density at radius 2 is 1.25 bits per heavy atom. The van der Waals surface area contributed by atoms with Crippen LogP contribution in [0, 0.1) is 5.92 Å². The molecule has 0 aliphatic carbocycles. The molecule has 0 aromatic carbocycles. The van der Waals surface area contributed by atoms with Crippen LogP contribution >= 0.6 is 7.82 Å². The van der Waals surface area contributed by atoms with Crippen LogP contribution in [0.25, 0.3) is 0 Å². The Morgan fingerprint density at radius 1 is 0.673 bits per heavy atom. The van der Waals surface area contributed by atoms with E-state index in [0.29, 0.717) is 25.7 Å². The monoisotopic (exact) mass is 750 g/mol. The number of phosphoric ester groups is 1. The highest BCUT2D eigenvalue weighted by Crippen LogP contribution is 2.36. The fourth-order valence-electron chi connectivity index (χ4n) is 5.05. The van der Waals surface area contributed by atoms with Crippen LogP contribution in [0.1, 0.15) is 149 Å². The number of phosphoric acid groups is 1. The zero-order valence-electron chi connectivity index (χ0n) is 32.5. The second-order valence-electron chi connectivity index (χ2n) is 13.3. The van der Waals surface area contributed by atoms with Gasteiger partial charge in [-0.05, 0) is 50.9 Å². The predicted molar refractivity (Wildman–Crippen MR) is 213 cm³/mol. The fourth-order valence-corrected chi connectivity index (χ4v) is 5.41. The minimum absolute atomic E-state index is 0.0609. The summed E-state index contributed by atoms with van der Waals surface area (Å²) in [5.74, 6) is -0.176. The lowest BCUT2D eigenvalue weighted by Crippen LogP contribution is -2.29. The summed E-state index contributed by atoms with van der Waals surface area (Å²) in [4.78, 5) is 42.7. The number of esters is 2. The van der Waals surface area contributed by atoms with Crippen LogP contribution in [0.4, 0.5) is 0 Å². The average molecular weight is 751 g/mol. The molecular weight excluding hydrogens is 679 g/mol.